The number of fused-ring (bicyclic) bond motifs is 1. The van der Waals surface area contributed by atoms with Crippen LogP contribution in [0.4, 0.5) is 5.13 Å². The molecule has 0 fully saturated rings. The van der Waals surface area contributed by atoms with Crippen LogP contribution >= 0.6 is 22.9 Å². The van der Waals surface area contributed by atoms with Crippen molar-refractivity contribution in [2.24, 2.45) is 0 Å². The first-order chi connectivity index (χ1) is 11.2. The monoisotopic (exact) mass is 341 g/mol. The Kier molecular flexibility index (Phi) is 4.56. The number of halogens is 1. The Balaban J connectivity index is 1.84. The fraction of sp³-hybridized carbons (Fsp3) is 0.118. The highest BCUT2D eigenvalue weighted by Gasteiger charge is 2.15. The van der Waals surface area contributed by atoms with Gasteiger partial charge in [0.1, 0.15) is 5.38 Å². The maximum Gasteiger partial charge on any atom is 0.257 e. The summed E-state index contributed by atoms with van der Waals surface area (Å²) < 4.78 is 1.02. The largest absolute Gasteiger partial charge is 0.298 e. The predicted molar refractivity (Wildman–Crippen MR) is 93.0 cm³/mol. The molecule has 1 N–H and O–H groups in total. The van der Waals surface area contributed by atoms with Crippen LogP contribution in [0.5, 0.6) is 0 Å². The van der Waals surface area contributed by atoms with Crippen molar-refractivity contribution in [3.05, 3.63) is 59.7 Å². The van der Waals surface area contributed by atoms with Gasteiger partial charge in [0.25, 0.3) is 5.91 Å². The van der Waals surface area contributed by atoms with Gasteiger partial charge in [-0.3, -0.25) is 10.1 Å². The van der Waals surface area contributed by atoms with Gasteiger partial charge in [-0.15, -0.1) is 11.6 Å². The average molecular weight is 342 g/mol. The molecule has 23 heavy (non-hydrogen) atoms. The summed E-state index contributed by atoms with van der Waals surface area (Å²) in [6.07, 6.45) is 0.321. The average Bonchev–Trinajstić information content (AvgIpc) is 2.97. The molecule has 3 rings (SSSR count). The number of carbonyl (C=O) groups excluding carboxylic acids is 1. The van der Waals surface area contributed by atoms with E-state index in [9.17, 15) is 4.79 Å². The number of amides is 1. The quantitative estimate of drug-likeness (QED) is 0.722. The Morgan fingerprint density at radius 1 is 1.26 bits per heavy atom. The van der Waals surface area contributed by atoms with Crippen molar-refractivity contribution in [3.63, 3.8) is 0 Å². The van der Waals surface area contributed by atoms with Gasteiger partial charge < -0.3 is 0 Å². The standard InChI is InChI=1S/C17H12ClN3OS/c18-12(10-19)9-11-5-1-2-6-13(11)16(22)21-17-20-14-7-3-4-8-15(14)23-17/h1-8,12H,9H2,(H,20,21,22). The summed E-state index contributed by atoms with van der Waals surface area (Å²) in [6.45, 7) is 0. The summed E-state index contributed by atoms with van der Waals surface area (Å²) in [7, 11) is 0. The van der Waals surface area contributed by atoms with Crippen LogP contribution in [0.1, 0.15) is 15.9 Å². The fourth-order valence-corrected chi connectivity index (χ4v) is 3.28. The van der Waals surface area contributed by atoms with Crippen molar-refractivity contribution in [1.29, 1.82) is 5.26 Å². The number of aromatic nitrogens is 1. The first-order valence-corrected chi connectivity index (χ1v) is 8.21. The van der Waals surface area contributed by atoms with E-state index in [0.717, 1.165) is 15.8 Å². The molecule has 0 radical (unpaired) electrons. The smallest absolute Gasteiger partial charge is 0.257 e. The second kappa shape index (κ2) is 6.78. The lowest BCUT2D eigenvalue weighted by Crippen LogP contribution is -2.15. The zero-order valence-corrected chi connectivity index (χ0v) is 13.6. The Morgan fingerprint density at radius 2 is 2.00 bits per heavy atom. The number of anilines is 1. The van der Waals surface area contributed by atoms with Crippen LogP contribution in [0, 0.1) is 11.3 Å². The van der Waals surface area contributed by atoms with Crippen LogP contribution in [0.15, 0.2) is 48.5 Å². The lowest BCUT2D eigenvalue weighted by molar-refractivity contribution is 0.102. The molecule has 1 amide bonds. The summed E-state index contributed by atoms with van der Waals surface area (Å²) in [5.41, 5.74) is 2.10. The maximum absolute atomic E-state index is 12.5. The van der Waals surface area contributed by atoms with E-state index in [1.165, 1.54) is 11.3 Å². The number of rotatable bonds is 4. The number of thiazole rings is 1. The second-order valence-electron chi connectivity index (χ2n) is 4.90. The van der Waals surface area contributed by atoms with E-state index in [-0.39, 0.29) is 5.91 Å². The van der Waals surface area contributed by atoms with Gasteiger partial charge in [-0.2, -0.15) is 5.26 Å². The minimum Gasteiger partial charge on any atom is -0.298 e. The van der Waals surface area contributed by atoms with E-state index in [2.05, 4.69) is 10.3 Å². The predicted octanol–water partition coefficient (Wildman–Crippen LogP) is 4.22. The summed E-state index contributed by atoms with van der Waals surface area (Å²) >= 11 is 7.31. The number of carbonyl (C=O) groups is 1. The molecule has 0 saturated heterocycles. The Hall–Kier alpha value is -2.42. The van der Waals surface area contributed by atoms with Gasteiger partial charge in [0.2, 0.25) is 0 Å². The van der Waals surface area contributed by atoms with Crippen LogP contribution in [-0.2, 0) is 6.42 Å². The highest BCUT2D eigenvalue weighted by molar-refractivity contribution is 7.22. The number of nitrogens with zero attached hydrogens (tertiary/aromatic N) is 2. The molecule has 3 aromatic rings. The highest BCUT2D eigenvalue weighted by atomic mass is 35.5. The zero-order chi connectivity index (χ0) is 16.2. The molecule has 0 bridgehead atoms. The van der Waals surface area contributed by atoms with Gasteiger partial charge in [-0.25, -0.2) is 4.98 Å². The molecule has 1 heterocycles. The number of para-hydroxylation sites is 1. The maximum atomic E-state index is 12.5. The van der Waals surface area contributed by atoms with E-state index in [1.54, 1.807) is 18.2 Å². The summed E-state index contributed by atoms with van der Waals surface area (Å²) in [5.74, 6) is -0.249. The van der Waals surface area contributed by atoms with Gasteiger partial charge in [0.05, 0.1) is 16.3 Å². The molecular weight excluding hydrogens is 330 g/mol. The number of hydrogen-bond acceptors (Lipinski definition) is 4. The van der Waals surface area contributed by atoms with Crippen LogP contribution < -0.4 is 5.32 Å². The molecule has 0 spiro atoms. The minimum atomic E-state index is -0.661. The highest BCUT2D eigenvalue weighted by Crippen LogP contribution is 2.26. The van der Waals surface area contributed by atoms with Crippen molar-refractivity contribution < 1.29 is 4.79 Å². The van der Waals surface area contributed by atoms with E-state index in [4.69, 9.17) is 16.9 Å². The Morgan fingerprint density at radius 3 is 2.78 bits per heavy atom. The van der Waals surface area contributed by atoms with Crippen molar-refractivity contribution in [2.75, 3.05) is 5.32 Å². The van der Waals surface area contributed by atoms with E-state index >= 15 is 0 Å². The molecular formula is C17H12ClN3OS. The lowest BCUT2D eigenvalue weighted by Gasteiger charge is -2.09. The minimum absolute atomic E-state index is 0.249. The fourth-order valence-electron chi connectivity index (χ4n) is 2.25. The number of hydrogen-bond donors (Lipinski definition) is 1. The molecule has 4 nitrogen and oxygen atoms in total. The van der Waals surface area contributed by atoms with E-state index in [0.29, 0.717) is 17.1 Å². The van der Waals surface area contributed by atoms with Gasteiger partial charge in [0, 0.05) is 12.0 Å². The number of nitriles is 1. The number of alkyl halides is 1. The molecule has 0 aliphatic heterocycles. The van der Waals surface area contributed by atoms with Crippen molar-refractivity contribution >= 4 is 44.2 Å². The zero-order valence-electron chi connectivity index (χ0n) is 12.0. The Labute approximate surface area is 142 Å². The first kappa shape index (κ1) is 15.5. The van der Waals surface area contributed by atoms with Crippen molar-refractivity contribution in [1.82, 2.24) is 4.98 Å². The molecule has 1 unspecified atom stereocenters. The lowest BCUT2D eigenvalue weighted by atomic mass is 10.0. The summed E-state index contributed by atoms with van der Waals surface area (Å²) in [5, 5.41) is 11.6. The molecule has 0 saturated carbocycles. The van der Waals surface area contributed by atoms with Gasteiger partial charge in [-0.05, 0) is 23.8 Å². The number of nitrogens with one attached hydrogen (secondary N) is 1. The third-order valence-electron chi connectivity index (χ3n) is 3.32. The number of benzene rings is 2. The third kappa shape index (κ3) is 3.50. The molecule has 2 aromatic carbocycles. The summed E-state index contributed by atoms with van der Waals surface area (Å²) in [4.78, 5) is 16.9. The van der Waals surface area contributed by atoms with Crippen LogP contribution in [0.25, 0.3) is 10.2 Å². The van der Waals surface area contributed by atoms with Crippen molar-refractivity contribution in [2.45, 2.75) is 11.8 Å². The third-order valence-corrected chi connectivity index (χ3v) is 4.52. The second-order valence-corrected chi connectivity index (χ2v) is 6.46. The molecule has 0 aliphatic carbocycles. The van der Waals surface area contributed by atoms with Gasteiger partial charge in [0.15, 0.2) is 5.13 Å². The molecule has 6 heteroatoms. The van der Waals surface area contributed by atoms with Gasteiger partial charge >= 0.3 is 0 Å². The molecule has 114 valence electrons. The van der Waals surface area contributed by atoms with Gasteiger partial charge in [-0.1, -0.05) is 41.7 Å². The topological polar surface area (TPSA) is 65.8 Å². The normalized spacial score (nSPS) is 11.8. The first-order valence-electron chi connectivity index (χ1n) is 6.96. The van der Waals surface area contributed by atoms with E-state index < -0.39 is 5.38 Å². The van der Waals surface area contributed by atoms with Crippen molar-refractivity contribution in [3.8, 4) is 6.07 Å². The summed E-state index contributed by atoms with van der Waals surface area (Å²) in [6, 6.07) is 16.8. The van der Waals surface area contributed by atoms with Crippen LogP contribution in [0.2, 0.25) is 0 Å². The van der Waals surface area contributed by atoms with E-state index in [1.807, 2.05) is 36.4 Å². The molecule has 0 aliphatic rings. The molecule has 1 aromatic heterocycles. The van der Waals surface area contributed by atoms with Crippen LogP contribution in [0.3, 0.4) is 0 Å². The van der Waals surface area contributed by atoms with Crippen LogP contribution in [-0.4, -0.2) is 16.3 Å². The SMILES string of the molecule is N#CC(Cl)Cc1ccccc1C(=O)Nc1nc2ccccc2s1. The Bertz CT molecular complexity index is 867. The molecule has 1 atom stereocenters.